The summed E-state index contributed by atoms with van der Waals surface area (Å²) < 4.78 is 68.2. The van der Waals surface area contributed by atoms with E-state index in [1.807, 2.05) is 24.3 Å². The van der Waals surface area contributed by atoms with Gasteiger partial charge in [0, 0.05) is 25.7 Å². The summed E-state index contributed by atoms with van der Waals surface area (Å²) in [7, 11) is -9.99. The normalized spacial score (nSPS) is 14.8. The van der Waals surface area contributed by atoms with Gasteiger partial charge in [0.25, 0.3) is 0 Å². The molecule has 0 bridgehead atoms. The number of carbonyl (C=O) groups is 4. The van der Waals surface area contributed by atoms with E-state index < -0.39 is 97.5 Å². The zero-order valence-electron chi connectivity index (χ0n) is 60.7. The molecule has 17 nitrogen and oxygen atoms in total. The van der Waals surface area contributed by atoms with Crippen molar-refractivity contribution in [2.24, 2.45) is 0 Å². The lowest BCUT2D eigenvalue weighted by Crippen LogP contribution is -2.30. The first kappa shape index (κ1) is 92.9. The highest BCUT2D eigenvalue weighted by Gasteiger charge is 2.30. The number of esters is 4. The summed E-state index contributed by atoms with van der Waals surface area (Å²) in [5, 5.41) is 10.6. The van der Waals surface area contributed by atoms with Crippen molar-refractivity contribution in [2.75, 3.05) is 39.6 Å². The fraction of sp³-hybridized carbons (Fsp3) is 0.646. The highest BCUT2D eigenvalue weighted by Crippen LogP contribution is 2.45. The fourth-order valence-corrected chi connectivity index (χ4v) is 10.7. The van der Waals surface area contributed by atoms with Crippen LogP contribution in [0.2, 0.25) is 0 Å². The number of aliphatic hydroxyl groups excluding tert-OH is 1. The van der Waals surface area contributed by atoms with Gasteiger partial charge in [-0.2, -0.15) is 0 Å². The Morgan fingerprint density at radius 3 is 0.908 bits per heavy atom. The molecule has 0 spiro atoms. The monoisotopic (exact) mass is 1410 g/mol. The van der Waals surface area contributed by atoms with Gasteiger partial charge >= 0.3 is 39.5 Å². The van der Waals surface area contributed by atoms with E-state index in [-0.39, 0.29) is 25.7 Å². The SMILES string of the molecule is CC/C=C\C/C=C\C/C=C\C/C=C\C/C=C\CCCC(=O)OCC(COP(=O)(O)OCC(O)COP(=O)(O)OCC(COC(=O)CCCCCCC/C=C\CCCCCC)OC(=O)CCCCCCC/C=C\CCCC)OC(=O)CCC/C=C\C/C=C\C/C=C\C/C=C\C/C=C\CC. The number of rotatable bonds is 68. The first-order valence-electron chi connectivity index (χ1n) is 37.1. The van der Waals surface area contributed by atoms with Gasteiger partial charge in [-0.25, -0.2) is 9.13 Å². The van der Waals surface area contributed by atoms with E-state index in [9.17, 15) is 43.2 Å². The Morgan fingerprint density at radius 1 is 0.296 bits per heavy atom. The Bertz CT molecular complexity index is 2430. The van der Waals surface area contributed by atoms with E-state index >= 15 is 0 Å². The summed E-state index contributed by atoms with van der Waals surface area (Å²) in [6.07, 6.45) is 78.7. The number of carbonyl (C=O) groups excluding carboxylic acids is 4. The molecule has 0 aromatic rings. The fourth-order valence-electron chi connectivity index (χ4n) is 9.15. The Labute approximate surface area is 592 Å². The molecule has 5 unspecified atom stereocenters. The standard InChI is InChI=1S/C79H130O17P2/c1-5-9-13-17-21-25-29-32-34-36-38-41-45-48-52-56-60-64-77(82)90-70-75(96-79(84)66-62-58-54-50-46-42-39-37-35-33-30-26-22-18-14-10-6-2)72-94-98(87,88)92-68-73(80)67-91-97(85,86)93-71-74(95-78(83)65-61-57-53-49-43-28-24-20-16-12-8-4)69-89-76(81)63-59-55-51-47-44-40-31-27-23-19-15-11-7-3/h9-10,13-14,20-22,24-27,31-35,38-39,41-42,48,50,52,54,73-75,80H,5-8,11-12,15-19,23,28-30,36-37,40,43-47,49,51,53,55-72H2,1-4H3,(H,85,86)(H,87,88)/b13-9-,14-10-,24-20-,25-21-,26-22-,31-27-,34-32-,35-33-,41-38-,42-39-,52-48-,54-50-. The molecule has 5 atom stereocenters. The van der Waals surface area contributed by atoms with Crippen molar-refractivity contribution in [3.05, 3.63) is 146 Å². The van der Waals surface area contributed by atoms with Gasteiger partial charge < -0.3 is 33.8 Å². The van der Waals surface area contributed by atoms with Gasteiger partial charge in [0.1, 0.15) is 19.3 Å². The summed E-state index contributed by atoms with van der Waals surface area (Å²) in [6, 6.07) is 0. The van der Waals surface area contributed by atoms with Crippen LogP contribution in [0.1, 0.15) is 272 Å². The van der Waals surface area contributed by atoms with Crippen molar-refractivity contribution < 1.29 is 80.2 Å². The van der Waals surface area contributed by atoms with Crippen LogP contribution in [-0.4, -0.2) is 96.7 Å². The first-order chi connectivity index (χ1) is 47.7. The summed E-state index contributed by atoms with van der Waals surface area (Å²) in [6.45, 7) is 4.41. The van der Waals surface area contributed by atoms with Crippen LogP contribution in [0.5, 0.6) is 0 Å². The summed E-state index contributed by atoms with van der Waals surface area (Å²) in [4.78, 5) is 72.7. The van der Waals surface area contributed by atoms with E-state index in [1.54, 1.807) is 0 Å². The Hall–Kier alpha value is -5.06. The number of phosphoric ester groups is 2. The molecule has 558 valence electrons. The lowest BCUT2D eigenvalue weighted by molar-refractivity contribution is -0.161. The lowest BCUT2D eigenvalue weighted by atomic mass is 10.1. The topological polar surface area (TPSA) is 237 Å². The maximum atomic E-state index is 13.1. The van der Waals surface area contributed by atoms with Crippen LogP contribution in [0.3, 0.4) is 0 Å². The highest BCUT2D eigenvalue weighted by atomic mass is 31.2. The van der Waals surface area contributed by atoms with Gasteiger partial charge in [0.15, 0.2) is 12.2 Å². The van der Waals surface area contributed by atoms with E-state index in [4.69, 9.17) is 37.0 Å². The molecule has 0 aliphatic carbocycles. The summed E-state index contributed by atoms with van der Waals surface area (Å²) in [5.74, 6) is -2.34. The maximum absolute atomic E-state index is 13.1. The molecular formula is C79H130O17P2. The molecule has 0 fully saturated rings. The molecule has 0 aliphatic rings. The Balaban J connectivity index is 5.46. The van der Waals surface area contributed by atoms with Crippen LogP contribution in [0.4, 0.5) is 0 Å². The zero-order chi connectivity index (χ0) is 71.8. The van der Waals surface area contributed by atoms with Gasteiger partial charge in [-0.15, -0.1) is 0 Å². The lowest BCUT2D eigenvalue weighted by Gasteiger charge is -2.21. The van der Waals surface area contributed by atoms with Gasteiger partial charge in [-0.05, 0) is 148 Å². The summed E-state index contributed by atoms with van der Waals surface area (Å²) >= 11 is 0. The van der Waals surface area contributed by atoms with Crippen LogP contribution in [0, 0.1) is 0 Å². The van der Waals surface area contributed by atoms with Gasteiger partial charge in [0.05, 0.1) is 26.4 Å². The number of aliphatic hydroxyl groups is 1. The van der Waals surface area contributed by atoms with Crippen LogP contribution in [0.25, 0.3) is 0 Å². The minimum Gasteiger partial charge on any atom is -0.462 e. The summed E-state index contributed by atoms with van der Waals surface area (Å²) in [5.41, 5.74) is 0. The number of hydrogen-bond donors (Lipinski definition) is 3. The van der Waals surface area contributed by atoms with Crippen LogP contribution >= 0.6 is 15.6 Å². The van der Waals surface area contributed by atoms with Crippen molar-refractivity contribution in [2.45, 2.75) is 290 Å². The van der Waals surface area contributed by atoms with Crippen molar-refractivity contribution >= 4 is 39.5 Å². The molecule has 0 heterocycles. The molecule has 0 saturated carbocycles. The third-order valence-corrected chi connectivity index (χ3v) is 16.7. The third kappa shape index (κ3) is 69.4. The number of unbranched alkanes of at least 4 members (excludes halogenated alkanes) is 18. The minimum absolute atomic E-state index is 0.000559. The maximum Gasteiger partial charge on any atom is 0.472 e. The van der Waals surface area contributed by atoms with Crippen LogP contribution in [0.15, 0.2) is 146 Å². The minimum atomic E-state index is -5.01. The first-order valence-corrected chi connectivity index (χ1v) is 40.1. The Kier molecular flexibility index (Phi) is 66.7. The second kappa shape index (κ2) is 70.4. The molecule has 0 aromatic carbocycles. The molecule has 0 saturated heterocycles. The molecule has 19 heteroatoms. The molecule has 0 rings (SSSR count). The predicted octanol–water partition coefficient (Wildman–Crippen LogP) is 21.1. The van der Waals surface area contributed by atoms with Crippen LogP contribution < -0.4 is 0 Å². The number of allylic oxidation sites excluding steroid dienone is 24. The molecule has 0 radical (unpaired) electrons. The van der Waals surface area contributed by atoms with Gasteiger partial charge in [-0.1, -0.05) is 244 Å². The zero-order valence-corrected chi connectivity index (χ0v) is 62.4. The van der Waals surface area contributed by atoms with E-state index in [0.29, 0.717) is 38.5 Å². The average Bonchev–Trinajstić information content (AvgIpc) is 0.980. The third-order valence-electron chi connectivity index (χ3n) is 14.8. The van der Waals surface area contributed by atoms with E-state index in [2.05, 4.69) is 149 Å². The number of phosphoric acid groups is 2. The quantitative estimate of drug-likeness (QED) is 0.0169. The molecule has 0 amide bonds. The van der Waals surface area contributed by atoms with E-state index in [0.717, 1.165) is 141 Å². The smallest absolute Gasteiger partial charge is 0.462 e. The van der Waals surface area contributed by atoms with Gasteiger partial charge in [-0.3, -0.25) is 37.3 Å². The van der Waals surface area contributed by atoms with Crippen molar-refractivity contribution in [1.82, 2.24) is 0 Å². The molecule has 0 aromatic heterocycles. The molecule has 0 aliphatic heterocycles. The number of hydrogen-bond acceptors (Lipinski definition) is 15. The molecule has 3 N–H and O–H groups in total. The largest absolute Gasteiger partial charge is 0.472 e. The van der Waals surface area contributed by atoms with Gasteiger partial charge in [0.2, 0.25) is 0 Å². The Morgan fingerprint density at radius 2 is 0.551 bits per heavy atom. The van der Waals surface area contributed by atoms with Crippen molar-refractivity contribution in [3.8, 4) is 0 Å². The van der Waals surface area contributed by atoms with Crippen molar-refractivity contribution in [3.63, 3.8) is 0 Å². The van der Waals surface area contributed by atoms with Crippen LogP contribution in [-0.2, 0) is 65.4 Å². The highest BCUT2D eigenvalue weighted by molar-refractivity contribution is 7.47. The average molecular weight is 1410 g/mol. The predicted molar refractivity (Wildman–Crippen MR) is 399 cm³/mol. The molecular weight excluding hydrogens is 1280 g/mol. The van der Waals surface area contributed by atoms with Crippen molar-refractivity contribution in [1.29, 1.82) is 0 Å². The van der Waals surface area contributed by atoms with E-state index in [1.165, 1.54) is 38.5 Å². The number of ether oxygens (including phenoxy) is 4. The second-order valence-electron chi connectivity index (χ2n) is 24.1. The second-order valence-corrected chi connectivity index (χ2v) is 27.0. The molecule has 98 heavy (non-hydrogen) atoms.